The fourth-order valence-electron chi connectivity index (χ4n) is 1.93. The van der Waals surface area contributed by atoms with Gasteiger partial charge in [-0.2, -0.15) is 0 Å². The molecular weight excluding hydrogens is 216 g/mol. The van der Waals surface area contributed by atoms with E-state index in [1.165, 1.54) is 0 Å². The Morgan fingerprint density at radius 2 is 2.06 bits per heavy atom. The third kappa shape index (κ3) is 9.12. The van der Waals surface area contributed by atoms with Crippen molar-refractivity contribution in [2.75, 3.05) is 13.1 Å². The number of aliphatic hydroxyl groups is 1. The molecule has 0 aromatic heterocycles. The van der Waals surface area contributed by atoms with E-state index in [9.17, 15) is 9.90 Å². The molecule has 0 aliphatic heterocycles. The van der Waals surface area contributed by atoms with Crippen LogP contribution in [0.2, 0.25) is 0 Å². The van der Waals surface area contributed by atoms with E-state index in [0.717, 1.165) is 19.3 Å². The zero-order valence-electron chi connectivity index (χ0n) is 11.4. The highest BCUT2D eigenvalue weighted by molar-refractivity contribution is 5.76. The number of hydrogen-bond acceptors (Lipinski definition) is 3. The Morgan fingerprint density at radius 1 is 1.41 bits per heavy atom. The molecule has 0 aromatic rings. The van der Waals surface area contributed by atoms with Crippen LogP contribution in [-0.4, -0.2) is 30.2 Å². The molecule has 0 spiro atoms. The van der Waals surface area contributed by atoms with Gasteiger partial charge >= 0.3 is 0 Å². The lowest BCUT2D eigenvalue weighted by Crippen LogP contribution is -2.34. The summed E-state index contributed by atoms with van der Waals surface area (Å²) in [6.07, 6.45) is 2.67. The summed E-state index contributed by atoms with van der Waals surface area (Å²) in [7, 11) is 0. The highest BCUT2D eigenvalue weighted by Crippen LogP contribution is 2.13. The Hall–Kier alpha value is -0.610. The summed E-state index contributed by atoms with van der Waals surface area (Å²) in [6.45, 7) is 7.17. The molecule has 102 valence electrons. The molecule has 0 radical (unpaired) electrons. The van der Waals surface area contributed by atoms with Gasteiger partial charge in [0.2, 0.25) is 5.91 Å². The molecule has 0 saturated carbocycles. The van der Waals surface area contributed by atoms with Gasteiger partial charge in [0.15, 0.2) is 0 Å². The van der Waals surface area contributed by atoms with Crippen molar-refractivity contribution in [1.82, 2.24) is 5.32 Å². The van der Waals surface area contributed by atoms with Gasteiger partial charge in [-0.15, -0.1) is 0 Å². The van der Waals surface area contributed by atoms with Gasteiger partial charge < -0.3 is 16.2 Å². The van der Waals surface area contributed by atoms with Crippen molar-refractivity contribution in [2.24, 2.45) is 17.6 Å². The second kappa shape index (κ2) is 9.42. The van der Waals surface area contributed by atoms with Crippen LogP contribution >= 0.6 is 0 Å². The fraction of sp³-hybridized carbons (Fsp3) is 0.923. The number of rotatable bonds is 9. The Kier molecular flexibility index (Phi) is 9.09. The van der Waals surface area contributed by atoms with E-state index in [1.807, 2.05) is 6.92 Å². The lowest BCUT2D eigenvalue weighted by Gasteiger charge is -2.17. The highest BCUT2D eigenvalue weighted by Gasteiger charge is 2.14. The molecule has 0 fully saturated rings. The maximum Gasteiger partial charge on any atom is 0.220 e. The van der Waals surface area contributed by atoms with E-state index in [1.54, 1.807) is 0 Å². The van der Waals surface area contributed by atoms with Crippen LogP contribution < -0.4 is 11.1 Å². The molecule has 0 heterocycles. The summed E-state index contributed by atoms with van der Waals surface area (Å²) in [5, 5.41) is 12.3. The first kappa shape index (κ1) is 16.4. The fourth-order valence-corrected chi connectivity index (χ4v) is 1.93. The minimum atomic E-state index is -0.426. The SMILES string of the molecule is CCCC(O)CNC(=O)C[C@@H](CN)CC(C)C. The first-order valence-corrected chi connectivity index (χ1v) is 6.64. The molecule has 0 aliphatic carbocycles. The van der Waals surface area contributed by atoms with Crippen LogP contribution in [0.5, 0.6) is 0 Å². The van der Waals surface area contributed by atoms with Crippen molar-refractivity contribution in [3.05, 3.63) is 0 Å². The van der Waals surface area contributed by atoms with Gasteiger partial charge in [-0.25, -0.2) is 0 Å². The van der Waals surface area contributed by atoms with E-state index in [4.69, 9.17) is 5.73 Å². The van der Waals surface area contributed by atoms with Crippen molar-refractivity contribution in [3.63, 3.8) is 0 Å². The van der Waals surface area contributed by atoms with Crippen LogP contribution in [0, 0.1) is 11.8 Å². The Balaban J connectivity index is 3.82. The first-order chi connectivity index (χ1) is 7.99. The minimum Gasteiger partial charge on any atom is -0.391 e. The molecule has 0 bridgehead atoms. The quantitative estimate of drug-likeness (QED) is 0.572. The second-order valence-electron chi connectivity index (χ2n) is 5.18. The molecule has 17 heavy (non-hydrogen) atoms. The number of nitrogens with two attached hydrogens (primary N) is 1. The Labute approximate surface area is 105 Å². The van der Waals surface area contributed by atoms with Crippen LogP contribution in [0.15, 0.2) is 0 Å². The zero-order chi connectivity index (χ0) is 13.3. The molecular formula is C13H28N2O2. The maximum absolute atomic E-state index is 11.6. The molecule has 0 saturated heterocycles. The normalized spacial score (nSPS) is 14.7. The third-order valence-corrected chi connectivity index (χ3v) is 2.77. The van der Waals surface area contributed by atoms with E-state index in [2.05, 4.69) is 19.2 Å². The van der Waals surface area contributed by atoms with Crippen LogP contribution in [0.1, 0.15) is 46.5 Å². The Bertz CT molecular complexity index is 208. The van der Waals surface area contributed by atoms with E-state index in [0.29, 0.717) is 25.4 Å². The summed E-state index contributed by atoms with van der Waals surface area (Å²) >= 11 is 0. The van der Waals surface area contributed by atoms with Gasteiger partial charge in [0.1, 0.15) is 0 Å². The predicted molar refractivity (Wildman–Crippen MR) is 70.5 cm³/mol. The van der Waals surface area contributed by atoms with E-state index in [-0.39, 0.29) is 11.8 Å². The third-order valence-electron chi connectivity index (χ3n) is 2.77. The number of carbonyl (C=O) groups is 1. The maximum atomic E-state index is 11.6. The summed E-state index contributed by atoms with van der Waals surface area (Å²) in [4.78, 5) is 11.6. The van der Waals surface area contributed by atoms with Crippen LogP contribution in [-0.2, 0) is 4.79 Å². The minimum absolute atomic E-state index is 0.00347. The Morgan fingerprint density at radius 3 is 2.53 bits per heavy atom. The van der Waals surface area contributed by atoms with E-state index < -0.39 is 6.10 Å². The second-order valence-corrected chi connectivity index (χ2v) is 5.18. The molecule has 4 nitrogen and oxygen atoms in total. The molecule has 1 unspecified atom stereocenters. The van der Waals surface area contributed by atoms with Gasteiger partial charge in [0.25, 0.3) is 0 Å². The summed E-state index contributed by atoms with van der Waals surface area (Å²) in [5.41, 5.74) is 5.64. The standard InChI is InChI=1S/C13H28N2O2/c1-4-5-12(16)9-15-13(17)7-11(8-14)6-10(2)3/h10-12,16H,4-9,14H2,1-3H3,(H,15,17)/t11-,12?/m0/s1. The number of nitrogens with one attached hydrogen (secondary N) is 1. The van der Waals surface area contributed by atoms with Crippen molar-refractivity contribution >= 4 is 5.91 Å². The van der Waals surface area contributed by atoms with Crippen LogP contribution in [0.4, 0.5) is 0 Å². The molecule has 4 heteroatoms. The van der Waals surface area contributed by atoms with Crippen molar-refractivity contribution in [2.45, 2.75) is 52.6 Å². The average Bonchev–Trinajstić information content (AvgIpc) is 2.25. The lowest BCUT2D eigenvalue weighted by atomic mass is 9.94. The van der Waals surface area contributed by atoms with Crippen molar-refractivity contribution in [3.8, 4) is 0 Å². The monoisotopic (exact) mass is 244 g/mol. The summed E-state index contributed by atoms with van der Waals surface area (Å²) in [5.74, 6) is 0.802. The molecule has 0 rings (SSSR count). The molecule has 1 amide bonds. The largest absolute Gasteiger partial charge is 0.391 e. The summed E-state index contributed by atoms with van der Waals surface area (Å²) in [6, 6.07) is 0. The number of hydrogen-bond donors (Lipinski definition) is 3. The number of amides is 1. The van der Waals surface area contributed by atoms with Crippen molar-refractivity contribution in [1.29, 1.82) is 0 Å². The van der Waals surface area contributed by atoms with E-state index >= 15 is 0 Å². The van der Waals surface area contributed by atoms with Gasteiger partial charge in [0.05, 0.1) is 6.10 Å². The average molecular weight is 244 g/mol. The van der Waals surface area contributed by atoms with Crippen LogP contribution in [0.25, 0.3) is 0 Å². The molecule has 4 N–H and O–H groups in total. The smallest absolute Gasteiger partial charge is 0.220 e. The molecule has 2 atom stereocenters. The molecule has 0 aliphatic rings. The van der Waals surface area contributed by atoms with Crippen molar-refractivity contribution < 1.29 is 9.90 Å². The van der Waals surface area contributed by atoms with Gasteiger partial charge in [-0.3, -0.25) is 4.79 Å². The van der Waals surface area contributed by atoms with Crippen LogP contribution in [0.3, 0.4) is 0 Å². The molecule has 0 aromatic carbocycles. The topological polar surface area (TPSA) is 75.3 Å². The lowest BCUT2D eigenvalue weighted by molar-refractivity contribution is -0.122. The number of aliphatic hydroxyl groups excluding tert-OH is 1. The first-order valence-electron chi connectivity index (χ1n) is 6.64. The predicted octanol–water partition coefficient (Wildman–Crippen LogP) is 1.27. The number of carbonyl (C=O) groups excluding carboxylic acids is 1. The highest BCUT2D eigenvalue weighted by atomic mass is 16.3. The van der Waals surface area contributed by atoms with Gasteiger partial charge in [-0.05, 0) is 31.2 Å². The van der Waals surface area contributed by atoms with Gasteiger partial charge in [-0.1, -0.05) is 27.2 Å². The zero-order valence-corrected chi connectivity index (χ0v) is 11.4. The van der Waals surface area contributed by atoms with Gasteiger partial charge in [0, 0.05) is 13.0 Å². The summed E-state index contributed by atoms with van der Waals surface area (Å²) < 4.78 is 0.